The van der Waals surface area contributed by atoms with Gasteiger partial charge in [0, 0.05) is 13.1 Å². The van der Waals surface area contributed by atoms with Gasteiger partial charge in [0.15, 0.2) is 0 Å². The van der Waals surface area contributed by atoms with E-state index in [0.29, 0.717) is 23.8 Å². The number of hydrogen-bond donors (Lipinski definition) is 1. The summed E-state index contributed by atoms with van der Waals surface area (Å²) in [5, 5.41) is 0. The number of carbonyl (C=O) groups is 1. The van der Waals surface area contributed by atoms with Gasteiger partial charge in [-0.3, -0.25) is 4.79 Å². The number of nitrogens with two attached hydrogens (primary N) is 1. The fourth-order valence-corrected chi connectivity index (χ4v) is 2.92. The van der Waals surface area contributed by atoms with Crippen LogP contribution in [0.5, 0.6) is 0 Å². The number of furan rings is 1. The number of amides is 1. The Balaban J connectivity index is 2.12. The van der Waals surface area contributed by atoms with Gasteiger partial charge in [0.2, 0.25) is 0 Å². The van der Waals surface area contributed by atoms with Crippen molar-refractivity contribution < 1.29 is 9.21 Å². The van der Waals surface area contributed by atoms with Crippen molar-refractivity contribution >= 4 is 5.91 Å². The quantitative estimate of drug-likeness (QED) is 0.894. The maximum absolute atomic E-state index is 12.4. The van der Waals surface area contributed by atoms with Gasteiger partial charge in [-0.05, 0) is 38.3 Å². The molecule has 2 N–H and O–H groups in total. The van der Waals surface area contributed by atoms with Crippen LogP contribution in [0.1, 0.15) is 41.8 Å². The Morgan fingerprint density at radius 2 is 2.22 bits per heavy atom. The van der Waals surface area contributed by atoms with E-state index in [1.165, 1.54) is 12.8 Å². The normalized spacial score (nSPS) is 23.9. The van der Waals surface area contributed by atoms with Gasteiger partial charge in [-0.25, -0.2) is 0 Å². The van der Waals surface area contributed by atoms with Crippen LogP contribution in [0.4, 0.5) is 0 Å². The van der Waals surface area contributed by atoms with Crippen LogP contribution < -0.4 is 5.73 Å². The SMILES string of the molecule is Cc1occc1C(=O)N(C)C1CCCCC1CN. The third-order valence-corrected chi connectivity index (χ3v) is 4.08. The summed E-state index contributed by atoms with van der Waals surface area (Å²) in [4.78, 5) is 14.3. The van der Waals surface area contributed by atoms with E-state index in [1.807, 2.05) is 18.9 Å². The third-order valence-electron chi connectivity index (χ3n) is 4.08. The van der Waals surface area contributed by atoms with Crippen molar-refractivity contribution in [2.75, 3.05) is 13.6 Å². The van der Waals surface area contributed by atoms with Gasteiger partial charge in [-0.15, -0.1) is 0 Å². The molecule has 0 radical (unpaired) electrons. The molecule has 4 nitrogen and oxygen atoms in total. The van der Waals surface area contributed by atoms with Gasteiger partial charge in [-0.2, -0.15) is 0 Å². The predicted octanol–water partition coefficient (Wildman–Crippen LogP) is 2.18. The second-order valence-electron chi connectivity index (χ2n) is 5.15. The predicted molar refractivity (Wildman–Crippen MR) is 70.3 cm³/mol. The summed E-state index contributed by atoms with van der Waals surface area (Å²) in [6.07, 6.45) is 6.16. The van der Waals surface area contributed by atoms with Crippen molar-refractivity contribution in [2.24, 2.45) is 11.7 Å². The minimum absolute atomic E-state index is 0.0478. The maximum Gasteiger partial charge on any atom is 0.257 e. The average Bonchev–Trinajstić information content (AvgIpc) is 2.83. The van der Waals surface area contributed by atoms with E-state index in [0.717, 1.165) is 12.8 Å². The minimum Gasteiger partial charge on any atom is -0.469 e. The molecule has 1 aromatic heterocycles. The standard InChI is InChI=1S/C14H22N2O2/c1-10-12(7-8-18-10)14(17)16(2)13-6-4-3-5-11(13)9-15/h7-8,11,13H,3-6,9,15H2,1-2H3. The van der Waals surface area contributed by atoms with Crippen molar-refractivity contribution in [2.45, 2.75) is 38.6 Å². The van der Waals surface area contributed by atoms with Gasteiger partial charge in [0.05, 0.1) is 11.8 Å². The molecule has 2 rings (SSSR count). The molecule has 1 aromatic rings. The summed E-state index contributed by atoms with van der Waals surface area (Å²) in [7, 11) is 1.88. The summed E-state index contributed by atoms with van der Waals surface area (Å²) in [6, 6.07) is 2.01. The second kappa shape index (κ2) is 5.57. The van der Waals surface area contributed by atoms with Crippen LogP contribution in [0, 0.1) is 12.8 Å². The van der Waals surface area contributed by atoms with Crippen molar-refractivity contribution in [3.8, 4) is 0 Å². The largest absolute Gasteiger partial charge is 0.469 e. The molecule has 4 heteroatoms. The first kappa shape index (κ1) is 13.1. The van der Waals surface area contributed by atoms with Crippen LogP contribution in [-0.2, 0) is 0 Å². The lowest BCUT2D eigenvalue weighted by atomic mass is 9.83. The van der Waals surface area contributed by atoms with E-state index in [4.69, 9.17) is 10.2 Å². The number of rotatable bonds is 3. The van der Waals surface area contributed by atoms with Crippen LogP contribution in [0.15, 0.2) is 16.7 Å². The number of nitrogens with zero attached hydrogens (tertiary/aromatic N) is 1. The summed E-state index contributed by atoms with van der Waals surface area (Å²) < 4.78 is 5.20. The molecule has 1 fully saturated rings. The number of aryl methyl sites for hydroxylation is 1. The molecule has 0 spiro atoms. The molecule has 1 amide bonds. The molecule has 1 aliphatic carbocycles. The van der Waals surface area contributed by atoms with Crippen molar-refractivity contribution in [3.05, 3.63) is 23.7 Å². The fourth-order valence-electron chi connectivity index (χ4n) is 2.92. The van der Waals surface area contributed by atoms with E-state index in [1.54, 1.807) is 12.3 Å². The molecule has 1 heterocycles. The molecule has 1 saturated carbocycles. The van der Waals surface area contributed by atoms with E-state index in [9.17, 15) is 4.79 Å². The fraction of sp³-hybridized carbons (Fsp3) is 0.643. The van der Waals surface area contributed by atoms with Crippen molar-refractivity contribution in [3.63, 3.8) is 0 Å². The Morgan fingerprint density at radius 1 is 1.50 bits per heavy atom. The average molecular weight is 250 g/mol. The maximum atomic E-state index is 12.4. The highest BCUT2D eigenvalue weighted by atomic mass is 16.3. The van der Waals surface area contributed by atoms with Crippen molar-refractivity contribution in [1.29, 1.82) is 0 Å². The summed E-state index contributed by atoms with van der Waals surface area (Å²) in [5.41, 5.74) is 6.49. The molecule has 100 valence electrons. The zero-order valence-corrected chi connectivity index (χ0v) is 11.2. The molecule has 1 aliphatic rings. The van der Waals surface area contributed by atoms with Crippen molar-refractivity contribution in [1.82, 2.24) is 4.90 Å². The smallest absolute Gasteiger partial charge is 0.257 e. The lowest BCUT2D eigenvalue weighted by Crippen LogP contribution is -2.46. The molecule has 2 atom stereocenters. The Bertz CT molecular complexity index is 414. The first-order chi connectivity index (χ1) is 8.65. The second-order valence-corrected chi connectivity index (χ2v) is 5.15. The first-order valence-corrected chi connectivity index (χ1v) is 6.66. The molecular formula is C14H22N2O2. The molecule has 0 bridgehead atoms. The highest BCUT2D eigenvalue weighted by Crippen LogP contribution is 2.28. The zero-order valence-electron chi connectivity index (χ0n) is 11.2. The molecule has 0 saturated heterocycles. The topological polar surface area (TPSA) is 59.5 Å². The number of hydrogen-bond acceptors (Lipinski definition) is 3. The Hall–Kier alpha value is -1.29. The minimum atomic E-state index is 0.0478. The van der Waals surface area contributed by atoms with Crippen LogP contribution in [-0.4, -0.2) is 30.4 Å². The van der Waals surface area contributed by atoms with Crippen LogP contribution in [0.25, 0.3) is 0 Å². The van der Waals surface area contributed by atoms with E-state index in [2.05, 4.69) is 0 Å². The summed E-state index contributed by atoms with van der Waals surface area (Å²) in [6.45, 7) is 2.48. The van der Waals surface area contributed by atoms with Gasteiger partial charge >= 0.3 is 0 Å². The third kappa shape index (κ3) is 2.43. The Kier molecular flexibility index (Phi) is 4.07. The van der Waals surface area contributed by atoms with Gasteiger partial charge in [0.25, 0.3) is 5.91 Å². The van der Waals surface area contributed by atoms with E-state index >= 15 is 0 Å². The highest BCUT2D eigenvalue weighted by Gasteiger charge is 2.31. The van der Waals surface area contributed by atoms with Gasteiger partial charge in [-0.1, -0.05) is 12.8 Å². The molecular weight excluding hydrogens is 228 g/mol. The zero-order chi connectivity index (χ0) is 13.1. The van der Waals surface area contributed by atoms with Gasteiger partial charge in [0.1, 0.15) is 5.76 Å². The summed E-state index contributed by atoms with van der Waals surface area (Å²) >= 11 is 0. The van der Waals surface area contributed by atoms with E-state index < -0.39 is 0 Å². The van der Waals surface area contributed by atoms with Crippen LogP contribution in [0.3, 0.4) is 0 Å². The number of carbonyl (C=O) groups excluding carboxylic acids is 1. The van der Waals surface area contributed by atoms with Crippen LogP contribution in [0.2, 0.25) is 0 Å². The Labute approximate surface area is 108 Å². The molecule has 18 heavy (non-hydrogen) atoms. The van der Waals surface area contributed by atoms with Crippen LogP contribution >= 0.6 is 0 Å². The molecule has 2 unspecified atom stereocenters. The monoisotopic (exact) mass is 250 g/mol. The lowest BCUT2D eigenvalue weighted by Gasteiger charge is -2.37. The summed E-state index contributed by atoms with van der Waals surface area (Å²) in [5.74, 6) is 1.17. The Morgan fingerprint density at radius 3 is 2.83 bits per heavy atom. The first-order valence-electron chi connectivity index (χ1n) is 6.66. The molecule has 0 aromatic carbocycles. The molecule has 0 aliphatic heterocycles. The highest BCUT2D eigenvalue weighted by molar-refractivity contribution is 5.95. The van der Waals surface area contributed by atoms with Gasteiger partial charge < -0.3 is 15.1 Å². The lowest BCUT2D eigenvalue weighted by molar-refractivity contribution is 0.0618. The van der Waals surface area contributed by atoms with E-state index in [-0.39, 0.29) is 11.9 Å².